The number of aromatic nitrogens is 2. The number of H-pyrrole nitrogens is 1. The van der Waals surface area contributed by atoms with Crippen LogP contribution in [0.15, 0.2) is 17.1 Å². The van der Waals surface area contributed by atoms with Gasteiger partial charge in [0.1, 0.15) is 0 Å². The molecule has 2 aromatic rings. The van der Waals surface area contributed by atoms with Crippen molar-refractivity contribution in [2.45, 2.75) is 27.2 Å². The summed E-state index contributed by atoms with van der Waals surface area (Å²) in [5.41, 5.74) is 2.01. The lowest BCUT2D eigenvalue weighted by Crippen LogP contribution is -2.30. The second-order valence-electron chi connectivity index (χ2n) is 4.78. The topological polar surface area (TPSA) is 86.9 Å². The molecule has 0 bridgehead atoms. The van der Waals surface area contributed by atoms with Crippen LogP contribution >= 0.6 is 11.3 Å². The first-order valence-electron chi connectivity index (χ1n) is 6.63. The summed E-state index contributed by atoms with van der Waals surface area (Å²) in [7, 11) is 0. The summed E-state index contributed by atoms with van der Waals surface area (Å²) >= 11 is 1.65. The van der Waals surface area contributed by atoms with Gasteiger partial charge in [-0.2, -0.15) is 0 Å². The first-order chi connectivity index (χ1) is 9.95. The standard InChI is InChI=1S/C14H18N4O2S/c1-8-6-11(7-16-13(8)19)18-14(20)15-5-4-12-17-9(2)10(3)21-12/h6-7H,4-5H2,1-3H3,(H,16,19)(H2,15,18,20). The smallest absolute Gasteiger partial charge is 0.319 e. The Balaban J connectivity index is 1.82. The Kier molecular flexibility index (Phi) is 4.74. The lowest BCUT2D eigenvalue weighted by molar-refractivity contribution is 0.252. The van der Waals surface area contributed by atoms with E-state index in [-0.39, 0.29) is 11.6 Å². The van der Waals surface area contributed by atoms with Crippen molar-refractivity contribution in [2.24, 2.45) is 0 Å². The third-order valence-electron chi connectivity index (χ3n) is 3.04. The number of carbonyl (C=O) groups excluding carboxylic acids is 1. The minimum absolute atomic E-state index is 0.157. The predicted octanol–water partition coefficient (Wildman–Crippen LogP) is 2.12. The first-order valence-corrected chi connectivity index (χ1v) is 7.44. The Bertz CT molecular complexity index is 686. The second-order valence-corrected chi connectivity index (χ2v) is 6.07. The molecule has 0 spiro atoms. The van der Waals surface area contributed by atoms with Crippen LogP contribution in [0.3, 0.4) is 0 Å². The van der Waals surface area contributed by atoms with Crippen LogP contribution in [0, 0.1) is 20.8 Å². The molecule has 2 amide bonds. The van der Waals surface area contributed by atoms with Crippen LogP contribution in [0.25, 0.3) is 0 Å². The van der Waals surface area contributed by atoms with E-state index in [1.54, 1.807) is 24.3 Å². The summed E-state index contributed by atoms with van der Waals surface area (Å²) in [6.45, 7) is 6.22. The maximum Gasteiger partial charge on any atom is 0.319 e. The molecule has 2 aromatic heterocycles. The van der Waals surface area contributed by atoms with E-state index in [9.17, 15) is 9.59 Å². The number of hydrogen-bond acceptors (Lipinski definition) is 4. The number of aromatic amines is 1. The summed E-state index contributed by atoms with van der Waals surface area (Å²) in [4.78, 5) is 31.1. The molecule has 7 heteroatoms. The van der Waals surface area contributed by atoms with Gasteiger partial charge in [-0.3, -0.25) is 4.79 Å². The van der Waals surface area contributed by atoms with Crippen molar-refractivity contribution in [3.05, 3.63) is 43.8 Å². The predicted molar refractivity (Wildman–Crippen MR) is 84.1 cm³/mol. The number of nitrogens with one attached hydrogen (secondary N) is 3. The van der Waals surface area contributed by atoms with Gasteiger partial charge in [0.15, 0.2) is 0 Å². The highest BCUT2D eigenvalue weighted by molar-refractivity contribution is 7.11. The average Bonchev–Trinajstić information content (AvgIpc) is 2.73. The number of anilines is 1. The number of thiazole rings is 1. The van der Waals surface area contributed by atoms with E-state index in [4.69, 9.17) is 0 Å². The molecule has 3 N–H and O–H groups in total. The Morgan fingerprint density at radius 3 is 2.76 bits per heavy atom. The summed E-state index contributed by atoms with van der Waals surface area (Å²) in [6, 6.07) is 1.33. The Hall–Kier alpha value is -2.15. The number of nitrogens with zero attached hydrogens (tertiary/aromatic N) is 1. The molecule has 21 heavy (non-hydrogen) atoms. The number of urea groups is 1. The number of pyridine rings is 1. The highest BCUT2D eigenvalue weighted by atomic mass is 32.1. The molecule has 0 fully saturated rings. The average molecular weight is 306 g/mol. The molecule has 0 radical (unpaired) electrons. The molecular formula is C14H18N4O2S. The summed E-state index contributed by atoms with van der Waals surface area (Å²) in [5, 5.41) is 6.46. The zero-order chi connectivity index (χ0) is 15.4. The maximum atomic E-state index is 11.7. The number of hydrogen-bond donors (Lipinski definition) is 3. The fourth-order valence-electron chi connectivity index (χ4n) is 1.77. The van der Waals surface area contributed by atoms with Crippen LogP contribution in [0.5, 0.6) is 0 Å². The van der Waals surface area contributed by atoms with Gasteiger partial charge in [-0.05, 0) is 26.8 Å². The molecule has 0 aromatic carbocycles. The van der Waals surface area contributed by atoms with Gasteiger partial charge in [0.25, 0.3) is 5.56 Å². The third-order valence-corrected chi connectivity index (χ3v) is 4.18. The van der Waals surface area contributed by atoms with Crippen LogP contribution in [-0.4, -0.2) is 22.5 Å². The van der Waals surface area contributed by atoms with E-state index in [2.05, 4.69) is 20.6 Å². The van der Waals surface area contributed by atoms with Crippen LogP contribution < -0.4 is 16.2 Å². The van der Waals surface area contributed by atoms with Crippen molar-refractivity contribution < 1.29 is 4.79 Å². The number of aryl methyl sites for hydroxylation is 3. The minimum atomic E-state index is -0.300. The number of carbonyl (C=O) groups is 1. The van der Waals surface area contributed by atoms with Crippen molar-refractivity contribution >= 4 is 23.1 Å². The van der Waals surface area contributed by atoms with Crippen molar-refractivity contribution in [1.82, 2.24) is 15.3 Å². The molecule has 0 aliphatic carbocycles. The number of amides is 2. The SMILES string of the molecule is Cc1nc(CCNC(=O)Nc2c[nH]c(=O)c(C)c2)sc1C. The fraction of sp³-hybridized carbons (Fsp3) is 0.357. The van der Waals surface area contributed by atoms with Crippen molar-refractivity contribution in [3.63, 3.8) is 0 Å². The van der Waals surface area contributed by atoms with Crippen molar-refractivity contribution in [1.29, 1.82) is 0 Å². The monoisotopic (exact) mass is 306 g/mol. The quantitative estimate of drug-likeness (QED) is 0.808. The van der Waals surface area contributed by atoms with Crippen LogP contribution in [0.2, 0.25) is 0 Å². The largest absolute Gasteiger partial charge is 0.337 e. The summed E-state index contributed by atoms with van der Waals surface area (Å²) < 4.78 is 0. The maximum absolute atomic E-state index is 11.7. The fourth-order valence-corrected chi connectivity index (χ4v) is 2.71. The van der Waals surface area contributed by atoms with Crippen LogP contribution in [0.4, 0.5) is 10.5 Å². The summed E-state index contributed by atoms with van der Waals surface area (Å²) in [5.74, 6) is 0. The van der Waals surface area contributed by atoms with Gasteiger partial charge < -0.3 is 15.6 Å². The van der Waals surface area contributed by atoms with Gasteiger partial charge >= 0.3 is 6.03 Å². The molecule has 6 nitrogen and oxygen atoms in total. The van der Waals surface area contributed by atoms with E-state index >= 15 is 0 Å². The van der Waals surface area contributed by atoms with Crippen molar-refractivity contribution in [3.8, 4) is 0 Å². The molecule has 112 valence electrons. The Morgan fingerprint density at radius 2 is 2.14 bits per heavy atom. The molecule has 0 unspecified atom stereocenters. The van der Waals surface area contributed by atoms with Crippen LogP contribution in [0.1, 0.15) is 21.1 Å². The second kappa shape index (κ2) is 6.53. The van der Waals surface area contributed by atoms with Crippen molar-refractivity contribution in [2.75, 3.05) is 11.9 Å². The summed E-state index contributed by atoms with van der Waals surface area (Å²) in [6.07, 6.45) is 2.18. The normalized spacial score (nSPS) is 10.4. The van der Waals surface area contributed by atoms with Gasteiger partial charge in [-0.25, -0.2) is 9.78 Å². The first kappa shape index (κ1) is 15.2. The highest BCUT2D eigenvalue weighted by Gasteiger charge is 2.06. The minimum Gasteiger partial charge on any atom is -0.337 e. The molecule has 0 aliphatic rings. The van der Waals surface area contributed by atoms with Crippen LogP contribution in [-0.2, 0) is 6.42 Å². The molecule has 2 rings (SSSR count). The van der Waals surface area contributed by atoms with E-state index < -0.39 is 0 Å². The Labute approximate surface area is 126 Å². The molecule has 0 atom stereocenters. The van der Waals surface area contributed by atoms with Gasteiger partial charge in [0, 0.05) is 29.6 Å². The highest BCUT2D eigenvalue weighted by Crippen LogP contribution is 2.16. The molecular weight excluding hydrogens is 288 g/mol. The molecule has 0 saturated carbocycles. The lowest BCUT2D eigenvalue weighted by atomic mass is 10.3. The van der Waals surface area contributed by atoms with E-state index in [0.717, 1.165) is 10.7 Å². The lowest BCUT2D eigenvalue weighted by Gasteiger charge is -2.07. The molecule has 0 saturated heterocycles. The van der Waals surface area contributed by atoms with Gasteiger partial charge in [0.05, 0.1) is 16.4 Å². The van der Waals surface area contributed by atoms with Gasteiger partial charge in [0.2, 0.25) is 0 Å². The third kappa shape index (κ3) is 4.16. The Morgan fingerprint density at radius 1 is 1.38 bits per heavy atom. The van der Waals surface area contributed by atoms with E-state index in [0.29, 0.717) is 24.2 Å². The van der Waals surface area contributed by atoms with Gasteiger partial charge in [-0.1, -0.05) is 0 Å². The van der Waals surface area contributed by atoms with E-state index in [1.165, 1.54) is 11.1 Å². The number of rotatable bonds is 4. The molecule has 2 heterocycles. The van der Waals surface area contributed by atoms with Gasteiger partial charge in [-0.15, -0.1) is 11.3 Å². The molecule has 0 aliphatic heterocycles. The zero-order valence-electron chi connectivity index (χ0n) is 12.2. The zero-order valence-corrected chi connectivity index (χ0v) is 13.1. The van der Waals surface area contributed by atoms with E-state index in [1.807, 2.05) is 13.8 Å².